The molecular formula is C30H30O4. The topological polar surface area (TPSA) is 63.6 Å². The number of carboxylic acids is 1. The van der Waals surface area contributed by atoms with E-state index in [-0.39, 0.29) is 11.4 Å². The quantitative estimate of drug-likeness (QED) is 0.434. The number of carbonyl (C=O) groups is 2. The molecule has 174 valence electrons. The van der Waals surface area contributed by atoms with Gasteiger partial charge in [-0.1, -0.05) is 36.4 Å². The summed E-state index contributed by atoms with van der Waals surface area (Å²) in [6, 6.07) is 18.2. The van der Waals surface area contributed by atoms with E-state index in [1.165, 1.54) is 56.6 Å². The van der Waals surface area contributed by atoms with Crippen molar-refractivity contribution in [3.63, 3.8) is 0 Å². The minimum absolute atomic E-state index is 0.202. The van der Waals surface area contributed by atoms with Crippen LogP contribution in [0.3, 0.4) is 0 Å². The first-order valence-electron chi connectivity index (χ1n) is 12.4. The molecule has 0 heterocycles. The van der Waals surface area contributed by atoms with Crippen molar-refractivity contribution in [2.24, 2.45) is 17.8 Å². The third-order valence-electron chi connectivity index (χ3n) is 8.57. The number of rotatable bonds is 5. The van der Waals surface area contributed by atoms with Crippen LogP contribution in [0.4, 0.5) is 0 Å². The first-order chi connectivity index (χ1) is 16.4. The second kappa shape index (κ2) is 7.97. The molecule has 4 aliphatic carbocycles. The third kappa shape index (κ3) is 3.70. The van der Waals surface area contributed by atoms with Crippen LogP contribution >= 0.6 is 0 Å². The molecule has 4 nitrogen and oxygen atoms in total. The molecule has 0 radical (unpaired) electrons. The van der Waals surface area contributed by atoms with Crippen LogP contribution in [0.1, 0.15) is 66.9 Å². The second-order valence-corrected chi connectivity index (χ2v) is 10.9. The number of benzene rings is 3. The first kappa shape index (κ1) is 21.4. The molecule has 0 aliphatic heterocycles. The summed E-state index contributed by atoms with van der Waals surface area (Å²) in [4.78, 5) is 22.9. The highest BCUT2D eigenvalue weighted by atomic mass is 16.5. The molecule has 7 rings (SSSR count). The zero-order valence-electron chi connectivity index (χ0n) is 19.5. The van der Waals surface area contributed by atoms with E-state index in [9.17, 15) is 14.7 Å². The summed E-state index contributed by atoms with van der Waals surface area (Å²) in [5.41, 5.74) is 5.33. The molecule has 0 amide bonds. The van der Waals surface area contributed by atoms with Crippen LogP contribution in [0.15, 0.2) is 54.6 Å². The van der Waals surface area contributed by atoms with Gasteiger partial charge >= 0.3 is 11.9 Å². The molecule has 4 bridgehead atoms. The maximum absolute atomic E-state index is 11.6. The van der Waals surface area contributed by atoms with Crippen molar-refractivity contribution in [3.05, 3.63) is 71.3 Å². The van der Waals surface area contributed by atoms with Gasteiger partial charge in [0.05, 0.1) is 5.56 Å². The lowest BCUT2D eigenvalue weighted by atomic mass is 9.47. The van der Waals surface area contributed by atoms with E-state index >= 15 is 0 Å². The van der Waals surface area contributed by atoms with Crippen molar-refractivity contribution in [2.75, 3.05) is 0 Å². The van der Waals surface area contributed by atoms with Crippen molar-refractivity contribution in [3.8, 4) is 11.1 Å². The first-order valence-corrected chi connectivity index (χ1v) is 12.4. The maximum Gasteiger partial charge on any atom is 0.335 e. The lowest BCUT2D eigenvalue weighted by Crippen LogP contribution is -2.49. The second-order valence-electron chi connectivity index (χ2n) is 10.9. The minimum atomic E-state index is -0.908. The number of ether oxygens (including phenoxy) is 1. The van der Waals surface area contributed by atoms with E-state index in [1.54, 1.807) is 12.1 Å². The molecule has 4 fully saturated rings. The van der Waals surface area contributed by atoms with Crippen molar-refractivity contribution < 1.29 is 19.4 Å². The zero-order valence-corrected chi connectivity index (χ0v) is 19.5. The van der Waals surface area contributed by atoms with Crippen LogP contribution in [0.2, 0.25) is 0 Å². The summed E-state index contributed by atoms with van der Waals surface area (Å²) in [5, 5.41) is 11.3. The molecule has 0 unspecified atom stereocenters. The Morgan fingerprint density at radius 3 is 2.09 bits per heavy atom. The Hall–Kier alpha value is -3.14. The van der Waals surface area contributed by atoms with E-state index < -0.39 is 5.97 Å². The maximum atomic E-state index is 11.6. The summed E-state index contributed by atoms with van der Waals surface area (Å²) >= 11 is 0. The molecule has 3 aromatic rings. The van der Waals surface area contributed by atoms with Crippen LogP contribution in [0.25, 0.3) is 21.9 Å². The molecule has 0 spiro atoms. The highest BCUT2D eigenvalue weighted by molar-refractivity contribution is 5.95. The molecule has 4 heteroatoms. The Bertz CT molecular complexity index is 1270. The number of aromatic carboxylic acids is 1. The monoisotopic (exact) mass is 454 g/mol. The van der Waals surface area contributed by atoms with Gasteiger partial charge in [0, 0.05) is 6.92 Å². The van der Waals surface area contributed by atoms with E-state index in [0.717, 1.165) is 39.7 Å². The number of hydrogen-bond donors (Lipinski definition) is 1. The molecule has 34 heavy (non-hydrogen) atoms. The Balaban J connectivity index is 1.42. The summed E-state index contributed by atoms with van der Waals surface area (Å²) in [5.74, 6) is 1.35. The van der Waals surface area contributed by atoms with Crippen molar-refractivity contribution in [1.29, 1.82) is 0 Å². The predicted octanol–water partition coefficient (Wildman–Crippen LogP) is 6.74. The van der Waals surface area contributed by atoms with Crippen LogP contribution in [0.5, 0.6) is 0 Å². The van der Waals surface area contributed by atoms with Gasteiger partial charge in [0.2, 0.25) is 0 Å². The summed E-state index contributed by atoms with van der Waals surface area (Å²) in [7, 11) is 0. The van der Waals surface area contributed by atoms with Crippen molar-refractivity contribution >= 4 is 22.7 Å². The van der Waals surface area contributed by atoms with Gasteiger partial charge in [-0.05, 0) is 113 Å². The van der Waals surface area contributed by atoms with Crippen molar-refractivity contribution in [2.45, 2.75) is 57.5 Å². The average molecular weight is 455 g/mol. The SMILES string of the molecule is CC(=O)OCc1ccc(-c2ccc3cc(C(=O)O)ccc3c2)cc1C12CC3CC(CC(C3)C1)C2. The minimum Gasteiger partial charge on any atom is -0.478 e. The summed E-state index contributed by atoms with van der Waals surface area (Å²) in [6.07, 6.45) is 7.94. The zero-order chi connectivity index (χ0) is 23.4. The molecule has 0 saturated heterocycles. The van der Waals surface area contributed by atoms with E-state index in [4.69, 9.17) is 4.74 Å². The van der Waals surface area contributed by atoms with Crippen LogP contribution in [0, 0.1) is 17.8 Å². The molecule has 3 aromatic carbocycles. The van der Waals surface area contributed by atoms with Gasteiger partial charge < -0.3 is 9.84 Å². The largest absolute Gasteiger partial charge is 0.478 e. The lowest BCUT2D eigenvalue weighted by Gasteiger charge is -2.57. The van der Waals surface area contributed by atoms with E-state index in [1.807, 2.05) is 12.1 Å². The van der Waals surface area contributed by atoms with Gasteiger partial charge in [-0.3, -0.25) is 4.79 Å². The highest BCUT2D eigenvalue weighted by Gasteiger charge is 2.52. The predicted molar refractivity (Wildman–Crippen MR) is 132 cm³/mol. The number of carboxylic acid groups (broad SMARTS) is 1. The smallest absolute Gasteiger partial charge is 0.335 e. The van der Waals surface area contributed by atoms with Gasteiger partial charge in [-0.15, -0.1) is 0 Å². The number of esters is 1. The number of hydrogen-bond acceptors (Lipinski definition) is 3. The summed E-state index contributed by atoms with van der Waals surface area (Å²) < 4.78 is 5.48. The van der Waals surface area contributed by atoms with Gasteiger partial charge in [0.15, 0.2) is 0 Å². The van der Waals surface area contributed by atoms with Crippen molar-refractivity contribution in [1.82, 2.24) is 0 Å². The Morgan fingerprint density at radius 1 is 0.853 bits per heavy atom. The number of fused-ring (bicyclic) bond motifs is 1. The summed E-state index contributed by atoms with van der Waals surface area (Å²) in [6.45, 7) is 1.81. The lowest BCUT2D eigenvalue weighted by molar-refractivity contribution is -0.142. The fourth-order valence-corrected chi connectivity index (χ4v) is 7.55. The van der Waals surface area contributed by atoms with Gasteiger partial charge in [-0.25, -0.2) is 4.79 Å². The van der Waals surface area contributed by atoms with Gasteiger partial charge in [0.1, 0.15) is 6.61 Å². The highest BCUT2D eigenvalue weighted by Crippen LogP contribution is 2.61. The van der Waals surface area contributed by atoms with Crippen LogP contribution < -0.4 is 0 Å². The molecule has 4 aliphatic rings. The fraction of sp³-hybridized carbons (Fsp3) is 0.400. The standard InChI is InChI=1S/C30H30O4/c1-18(31)34-17-27-7-5-25(23-2-3-24-12-26(29(32)33)6-4-22(24)11-23)13-28(27)30-14-19-8-20(15-30)10-21(9-19)16-30/h2-7,11-13,19-21H,8-10,14-17H2,1H3,(H,32,33). The normalized spacial score (nSPS) is 27.1. The fourth-order valence-electron chi connectivity index (χ4n) is 7.55. The molecular weight excluding hydrogens is 424 g/mol. The van der Waals surface area contributed by atoms with E-state index in [0.29, 0.717) is 12.2 Å². The molecule has 0 aromatic heterocycles. The van der Waals surface area contributed by atoms with Gasteiger partial charge in [0.25, 0.3) is 0 Å². The average Bonchev–Trinajstić information content (AvgIpc) is 2.81. The molecule has 1 N–H and O–H groups in total. The Morgan fingerprint density at radius 2 is 1.44 bits per heavy atom. The third-order valence-corrected chi connectivity index (χ3v) is 8.57. The Kier molecular flexibility index (Phi) is 5.02. The molecule has 4 saturated carbocycles. The van der Waals surface area contributed by atoms with Crippen LogP contribution in [-0.4, -0.2) is 17.0 Å². The van der Waals surface area contributed by atoms with Crippen LogP contribution in [-0.2, 0) is 21.6 Å². The molecule has 0 atom stereocenters. The van der Waals surface area contributed by atoms with Gasteiger partial charge in [-0.2, -0.15) is 0 Å². The number of carbonyl (C=O) groups excluding carboxylic acids is 1. The Labute approximate surface area is 199 Å². The van der Waals surface area contributed by atoms with E-state index in [2.05, 4.69) is 30.3 Å².